The molecule has 34 heavy (non-hydrogen) atoms. The number of carboxylic acids is 1. The maximum Gasteiger partial charge on any atom is 0.321 e. The molecular weight excluding hydrogens is 426 g/mol. The van der Waals surface area contributed by atoms with Gasteiger partial charge in [-0.05, 0) is 45.0 Å². The Bertz CT molecular complexity index is 1330. The van der Waals surface area contributed by atoms with Crippen LogP contribution in [0.1, 0.15) is 22.6 Å². The lowest BCUT2D eigenvalue weighted by Crippen LogP contribution is -2.43. The van der Waals surface area contributed by atoms with Gasteiger partial charge in [-0.2, -0.15) is 0 Å². The second kappa shape index (κ2) is 9.12. The average Bonchev–Trinajstić information content (AvgIpc) is 3.16. The summed E-state index contributed by atoms with van der Waals surface area (Å²) in [7, 11) is 0. The summed E-state index contributed by atoms with van der Waals surface area (Å²) in [6.07, 6.45) is 0.256. The number of ether oxygens (including phenoxy) is 1. The van der Waals surface area contributed by atoms with Crippen molar-refractivity contribution in [3.8, 4) is 11.1 Å². The first-order chi connectivity index (χ1) is 16.5. The molecule has 3 N–H and O–H groups in total. The Morgan fingerprint density at radius 2 is 1.41 bits per heavy atom. The summed E-state index contributed by atoms with van der Waals surface area (Å²) in [4.78, 5) is 24.9. The van der Waals surface area contributed by atoms with Crippen molar-refractivity contribution >= 4 is 22.7 Å². The number of hydrogen-bond acceptors (Lipinski definition) is 4. The predicted molar refractivity (Wildman–Crippen MR) is 131 cm³/mol. The van der Waals surface area contributed by atoms with Gasteiger partial charge in [0, 0.05) is 12.0 Å². The number of carbonyl (C=O) groups excluding carboxylic acids is 1. The topological polar surface area (TPSA) is 89.6 Å². The highest BCUT2D eigenvalue weighted by atomic mass is 16.5. The van der Waals surface area contributed by atoms with Crippen LogP contribution in [0.15, 0.2) is 91.0 Å². The molecule has 0 radical (unpaired) electrons. The molecule has 4 aromatic rings. The van der Waals surface area contributed by atoms with E-state index in [0.29, 0.717) is 0 Å². The fraction of sp³-hybridized carbons (Fsp3) is 0.172. The van der Waals surface area contributed by atoms with E-state index >= 15 is 0 Å². The zero-order valence-electron chi connectivity index (χ0n) is 18.6. The third-order valence-corrected chi connectivity index (χ3v) is 6.59. The molecule has 0 spiro atoms. The van der Waals surface area contributed by atoms with Crippen LogP contribution in [0.5, 0.6) is 0 Å². The van der Waals surface area contributed by atoms with Gasteiger partial charge in [-0.15, -0.1) is 0 Å². The first kappa shape index (κ1) is 21.9. The van der Waals surface area contributed by atoms with E-state index in [0.717, 1.165) is 38.6 Å². The van der Waals surface area contributed by atoms with E-state index in [-0.39, 0.29) is 18.9 Å². The van der Waals surface area contributed by atoms with Gasteiger partial charge < -0.3 is 15.6 Å². The Balaban J connectivity index is 1.31. The van der Waals surface area contributed by atoms with Crippen molar-refractivity contribution in [3.05, 3.63) is 108 Å². The van der Waals surface area contributed by atoms with Crippen LogP contribution in [0, 0.1) is 5.92 Å². The van der Waals surface area contributed by atoms with Crippen LogP contribution in [0.25, 0.3) is 21.9 Å². The molecule has 2 atom stereocenters. The normalized spacial score (nSPS) is 14.3. The third-order valence-electron chi connectivity index (χ3n) is 6.59. The average molecular weight is 452 g/mol. The minimum Gasteiger partial charge on any atom is -0.481 e. The van der Waals surface area contributed by atoms with Crippen molar-refractivity contribution in [2.24, 2.45) is 11.7 Å². The van der Waals surface area contributed by atoms with Crippen LogP contribution >= 0.6 is 0 Å². The molecule has 5 heteroatoms. The number of esters is 1. The summed E-state index contributed by atoms with van der Waals surface area (Å²) in [5, 5.41) is 11.9. The number of carboxylic acid groups (broad SMARTS) is 1. The fourth-order valence-electron chi connectivity index (χ4n) is 4.91. The molecule has 0 saturated heterocycles. The highest BCUT2D eigenvalue weighted by Gasteiger charge is 2.36. The maximum absolute atomic E-state index is 12.9. The van der Waals surface area contributed by atoms with Gasteiger partial charge in [-0.3, -0.25) is 9.59 Å². The number of nitrogens with two attached hydrogens (primary N) is 1. The van der Waals surface area contributed by atoms with Gasteiger partial charge in [0.1, 0.15) is 6.61 Å². The predicted octanol–water partition coefficient (Wildman–Crippen LogP) is 4.77. The molecule has 1 aliphatic carbocycles. The summed E-state index contributed by atoms with van der Waals surface area (Å²) in [6.45, 7) is 0.0688. The van der Waals surface area contributed by atoms with Crippen LogP contribution in [-0.4, -0.2) is 29.7 Å². The molecule has 5 rings (SSSR count). The Morgan fingerprint density at radius 1 is 0.824 bits per heavy atom. The van der Waals surface area contributed by atoms with Gasteiger partial charge in [0.15, 0.2) is 5.92 Å². The Labute approximate surface area is 197 Å². The van der Waals surface area contributed by atoms with Gasteiger partial charge in [0.25, 0.3) is 0 Å². The van der Waals surface area contributed by atoms with Gasteiger partial charge in [0.2, 0.25) is 0 Å². The lowest BCUT2D eigenvalue weighted by atomic mass is 9.93. The smallest absolute Gasteiger partial charge is 0.321 e. The van der Waals surface area contributed by atoms with Gasteiger partial charge in [-0.25, -0.2) is 0 Å². The summed E-state index contributed by atoms with van der Waals surface area (Å²) in [5.41, 5.74) is 11.5. The summed E-state index contributed by atoms with van der Waals surface area (Å²) >= 11 is 0. The molecule has 2 unspecified atom stereocenters. The summed E-state index contributed by atoms with van der Waals surface area (Å²) < 4.78 is 5.59. The van der Waals surface area contributed by atoms with Crippen molar-refractivity contribution in [2.75, 3.05) is 6.61 Å². The van der Waals surface area contributed by atoms with E-state index in [1.54, 1.807) is 0 Å². The highest BCUT2D eigenvalue weighted by Crippen LogP contribution is 2.44. The minimum absolute atomic E-state index is 0.0688. The SMILES string of the molecule is NC(Cc1ccc2ccccc2c1)C(C(=O)O)C(=O)OCC1c2ccccc2-c2ccccc21. The first-order valence-corrected chi connectivity index (χ1v) is 11.3. The van der Waals surface area contributed by atoms with E-state index in [1.807, 2.05) is 78.9 Å². The number of carbonyl (C=O) groups is 2. The fourth-order valence-corrected chi connectivity index (χ4v) is 4.91. The van der Waals surface area contributed by atoms with Crippen LogP contribution in [0.3, 0.4) is 0 Å². The van der Waals surface area contributed by atoms with E-state index in [9.17, 15) is 14.7 Å². The Morgan fingerprint density at radius 3 is 2.06 bits per heavy atom. The van der Waals surface area contributed by atoms with Crippen molar-refractivity contribution in [1.82, 2.24) is 0 Å². The van der Waals surface area contributed by atoms with Crippen LogP contribution < -0.4 is 5.73 Å². The molecule has 0 amide bonds. The number of fused-ring (bicyclic) bond motifs is 4. The van der Waals surface area contributed by atoms with Crippen LogP contribution in [0.4, 0.5) is 0 Å². The molecular formula is C29H25NO4. The molecule has 0 aliphatic heterocycles. The molecule has 0 bridgehead atoms. The molecule has 1 aliphatic rings. The van der Waals surface area contributed by atoms with Crippen molar-refractivity contribution in [1.29, 1.82) is 0 Å². The van der Waals surface area contributed by atoms with E-state index < -0.39 is 23.9 Å². The molecule has 170 valence electrons. The monoisotopic (exact) mass is 451 g/mol. The Kier molecular flexibility index (Phi) is 5.86. The second-order valence-electron chi connectivity index (χ2n) is 8.72. The zero-order chi connectivity index (χ0) is 23.7. The summed E-state index contributed by atoms with van der Waals surface area (Å²) in [5.74, 6) is -3.66. The Hall–Kier alpha value is -3.96. The third kappa shape index (κ3) is 4.06. The first-order valence-electron chi connectivity index (χ1n) is 11.3. The van der Waals surface area contributed by atoms with E-state index in [4.69, 9.17) is 10.5 Å². The van der Waals surface area contributed by atoms with E-state index in [2.05, 4.69) is 12.1 Å². The van der Waals surface area contributed by atoms with Gasteiger partial charge in [0.05, 0.1) is 0 Å². The molecule has 5 nitrogen and oxygen atoms in total. The van der Waals surface area contributed by atoms with E-state index in [1.165, 1.54) is 0 Å². The lowest BCUT2D eigenvalue weighted by molar-refractivity contribution is -0.159. The largest absolute Gasteiger partial charge is 0.481 e. The summed E-state index contributed by atoms with van der Waals surface area (Å²) in [6, 6.07) is 28.9. The minimum atomic E-state index is -1.45. The molecule has 0 saturated carbocycles. The maximum atomic E-state index is 12.9. The zero-order valence-corrected chi connectivity index (χ0v) is 18.6. The number of aliphatic carboxylic acids is 1. The van der Waals surface area contributed by atoms with Crippen molar-refractivity contribution < 1.29 is 19.4 Å². The van der Waals surface area contributed by atoms with Crippen molar-refractivity contribution in [3.63, 3.8) is 0 Å². The number of rotatable bonds is 7. The number of benzene rings is 4. The number of hydrogen-bond donors (Lipinski definition) is 2. The van der Waals surface area contributed by atoms with Gasteiger partial charge in [-0.1, -0.05) is 91.0 Å². The molecule has 4 aromatic carbocycles. The lowest BCUT2D eigenvalue weighted by Gasteiger charge is -2.21. The van der Waals surface area contributed by atoms with Gasteiger partial charge >= 0.3 is 11.9 Å². The second-order valence-corrected chi connectivity index (χ2v) is 8.72. The molecule has 0 fully saturated rings. The highest BCUT2D eigenvalue weighted by molar-refractivity contribution is 5.95. The van der Waals surface area contributed by atoms with Crippen LogP contribution in [0.2, 0.25) is 0 Å². The standard InChI is InChI=1S/C29H25NO4/c30-26(16-18-13-14-19-7-1-2-8-20(19)15-18)27(28(31)32)29(33)34-17-25-23-11-5-3-9-21(23)22-10-4-6-12-24(22)25/h1-15,25-27H,16-17,30H2,(H,31,32). The van der Waals surface area contributed by atoms with Crippen LogP contribution in [-0.2, 0) is 20.7 Å². The molecule has 0 aromatic heterocycles. The molecule has 0 heterocycles. The van der Waals surface area contributed by atoms with Crippen molar-refractivity contribution in [2.45, 2.75) is 18.4 Å². The quantitative estimate of drug-likeness (QED) is 0.312.